The summed E-state index contributed by atoms with van der Waals surface area (Å²) in [5.41, 5.74) is 18.3. The molecule has 0 bridgehead atoms. The van der Waals surface area contributed by atoms with Crippen LogP contribution in [0.5, 0.6) is 5.75 Å². The van der Waals surface area contributed by atoms with E-state index >= 15 is 0 Å². The van der Waals surface area contributed by atoms with E-state index in [0.29, 0.717) is 6.42 Å². The number of rotatable bonds is 16. The molecule has 41 heavy (non-hydrogen) atoms. The molecular formula is C28H39N7O6. The summed E-state index contributed by atoms with van der Waals surface area (Å²) in [4.78, 5) is 54.8. The molecule has 0 saturated carbocycles. The summed E-state index contributed by atoms with van der Waals surface area (Å²) < 4.78 is 5.09. The average Bonchev–Trinajstić information content (AvgIpc) is 2.94. The zero-order chi connectivity index (χ0) is 30.2. The number of benzene rings is 2. The number of nitrogens with zero attached hydrogens (tertiary/aromatic N) is 1. The van der Waals surface area contributed by atoms with E-state index in [1.54, 1.807) is 19.1 Å². The molecule has 0 radical (unpaired) electrons. The first-order chi connectivity index (χ1) is 19.6. The van der Waals surface area contributed by atoms with E-state index in [9.17, 15) is 24.3 Å². The first-order valence-electron chi connectivity index (χ1n) is 13.3. The van der Waals surface area contributed by atoms with Crippen LogP contribution >= 0.6 is 0 Å². The molecule has 222 valence electrons. The van der Waals surface area contributed by atoms with Crippen LogP contribution in [0.15, 0.2) is 59.6 Å². The van der Waals surface area contributed by atoms with Crippen molar-refractivity contribution in [3.63, 3.8) is 0 Å². The molecule has 0 aliphatic carbocycles. The molecule has 13 heteroatoms. The second-order valence-electron chi connectivity index (χ2n) is 9.27. The fraction of sp³-hybridized carbons (Fsp3) is 0.393. The number of carbonyl (C=O) groups is 4. The molecule has 0 fully saturated rings. The van der Waals surface area contributed by atoms with Gasteiger partial charge in [0.15, 0.2) is 5.96 Å². The predicted molar refractivity (Wildman–Crippen MR) is 153 cm³/mol. The number of aliphatic imine (C=N–C) groups is 1. The van der Waals surface area contributed by atoms with E-state index in [1.165, 1.54) is 12.1 Å². The van der Waals surface area contributed by atoms with Crippen molar-refractivity contribution in [3.8, 4) is 5.75 Å². The van der Waals surface area contributed by atoms with Gasteiger partial charge >= 0.3 is 5.97 Å². The molecule has 0 spiro atoms. The summed E-state index contributed by atoms with van der Waals surface area (Å²) >= 11 is 0. The SMILES string of the molecule is CCOC(=O)C(Cc1ccccc1)NC(=O)CNC(=O)C(CCCN=C(N)N)NC(=O)C(N)Cc1ccc(O)cc1. The van der Waals surface area contributed by atoms with Gasteiger partial charge in [-0.1, -0.05) is 42.5 Å². The van der Waals surface area contributed by atoms with Crippen LogP contribution in [0.1, 0.15) is 30.9 Å². The zero-order valence-corrected chi connectivity index (χ0v) is 23.0. The van der Waals surface area contributed by atoms with Crippen LogP contribution in [0.4, 0.5) is 0 Å². The van der Waals surface area contributed by atoms with Crippen molar-refractivity contribution in [2.45, 2.75) is 50.7 Å². The summed E-state index contributed by atoms with van der Waals surface area (Å²) in [7, 11) is 0. The summed E-state index contributed by atoms with van der Waals surface area (Å²) in [6.45, 7) is 1.59. The van der Waals surface area contributed by atoms with Crippen molar-refractivity contribution in [1.82, 2.24) is 16.0 Å². The first kappa shape index (κ1) is 32.6. The van der Waals surface area contributed by atoms with Gasteiger partial charge in [0.2, 0.25) is 17.7 Å². The average molecular weight is 570 g/mol. The van der Waals surface area contributed by atoms with Gasteiger partial charge in [0, 0.05) is 13.0 Å². The Hall–Kier alpha value is -4.65. The van der Waals surface area contributed by atoms with Crippen LogP contribution in [-0.2, 0) is 36.8 Å². The summed E-state index contributed by atoms with van der Waals surface area (Å²) in [6, 6.07) is 12.4. The molecule has 3 amide bonds. The third-order valence-electron chi connectivity index (χ3n) is 5.92. The highest BCUT2D eigenvalue weighted by atomic mass is 16.5. The molecule has 0 heterocycles. The number of carbonyl (C=O) groups excluding carboxylic acids is 4. The minimum Gasteiger partial charge on any atom is -0.508 e. The van der Waals surface area contributed by atoms with Crippen LogP contribution in [0, 0.1) is 0 Å². The third kappa shape index (κ3) is 12.4. The Kier molecular flexibility index (Phi) is 13.6. The first-order valence-corrected chi connectivity index (χ1v) is 13.3. The molecule has 0 aliphatic heterocycles. The highest BCUT2D eigenvalue weighted by Crippen LogP contribution is 2.11. The second-order valence-corrected chi connectivity index (χ2v) is 9.27. The number of aromatic hydroxyl groups is 1. The van der Waals surface area contributed by atoms with Crippen LogP contribution < -0.4 is 33.2 Å². The molecule has 0 saturated heterocycles. The van der Waals surface area contributed by atoms with E-state index in [1.807, 2.05) is 30.3 Å². The maximum atomic E-state index is 13.0. The fourth-order valence-electron chi connectivity index (χ4n) is 3.85. The van der Waals surface area contributed by atoms with Crippen LogP contribution in [0.2, 0.25) is 0 Å². The molecular weight excluding hydrogens is 530 g/mol. The monoisotopic (exact) mass is 569 g/mol. The number of phenols is 1. The molecule has 3 unspecified atom stereocenters. The molecule has 3 atom stereocenters. The topological polar surface area (TPSA) is 224 Å². The van der Waals surface area contributed by atoms with Gasteiger partial charge in [-0.15, -0.1) is 0 Å². The number of nitrogens with two attached hydrogens (primary N) is 3. The number of guanidine groups is 1. The van der Waals surface area contributed by atoms with Crippen molar-refractivity contribution in [1.29, 1.82) is 0 Å². The molecule has 2 rings (SSSR count). The Bertz CT molecular complexity index is 1170. The third-order valence-corrected chi connectivity index (χ3v) is 5.92. The van der Waals surface area contributed by atoms with E-state index in [0.717, 1.165) is 11.1 Å². The largest absolute Gasteiger partial charge is 0.508 e. The standard InChI is InChI=1S/C28H39N7O6/c1-2-41-27(40)23(16-18-7-4-3-5-8-18)34-24(37)17-33-26(39)22(9-6-14-32-28(30)31)35-25(38)21(29)15-19-10-12-20(36)13-11-19/h3-5,7-8,10-13,21-23,36H,2,6,9,14-17,29H2,1H3,(H,33,39)(H,34,37)(H,35,38)(H4,30,31,32). The van der Waals surface area contributed by atoms with Crippen LogP contribution in [-0.4, -0.2) is 72.6 Å². The minimum absolute atomic E-state index is 0.0852. The Balaban J connectivity index is 2.00. The van der Waals surface area contributed by atoms with E-state index in [4.69, 9.17) is 21.9 Å². The Morgan fingerprint density at radius 1 is 0.902 bits per heavy atom. The Morgan fingerprint density at radius 3 is 2.20 bits per heavy atom. The summed E-state index contributed by atoms with van der Waals surface area (Å²) in [6.07, 6.45) is 0.911. The minimum atomic E-state index is -1.03. The lowest BCUT2D eigenvalue weighted by Gasteiger charge is -2.21. The molecule has 10 N–H and O–H groups in total. The van der Waals surface area contributed by atoms with Gasteiger partial charge < -0.3 is 43.0 Å². The molecule has 0 aliphatic rings. The Labute approximate surface area is 238 Å². The smallest absolute Gasteiger partial charge is 0.328 e. The maximum Gasteiger partial charge on any atom is 0.328 e. The second kappa shape index (κ2) is 17.1. The highest BCUT2D eigenvalue weighted by molar-refractivity contribution is 5.92. The lowest BCUT2D eigenvalue weighted by Crippen LogP contribution is -2.54. The fourth-order valence-corrected chi connectivity index (χ4v) is 3.85. The van der Waals surface area contributed by atoms with Crippen molar-refractivity contribution in [2.75, 3.05) is 19.7 Å². The number of nitrogens with one attached hydrogen (secondary N) is 3. The van der Waals surface area contributed by atoms with Crippen molar-refractivity contribution < 1.29 is 29.0 Å². The van der Waals surface area contributed by atoms with E-state index < -0.39 is 48.4 Å². The van der Waals surface area contributed by atoms with Gasteiger partial charge in [0.25, 0.3) is 0 Å². The lowest BCUT2D eigenvalue weighted by atomic mass is 10.0. The van der Waals surface area contributed by atoms with Crippen molar-refractivity contribution in [3.05, 3.63) is 65.7 Å². The van der Waals surface area contributed by atoms with E-state index in [2.05, 4.69) is 20.9 Å². The van der Waals surface area contributed by atoms with Gasteiger partial charge in [-0.2, -0.15) is 0 Å². The van der Waals surface area contributed by atoms with Crippen LogP contribution in [0.3, 0.4) is 0 Å². The number of amides is 3. The Morgan fingerprint density at radius 2 is 1.56 bits per heavy atom. The predicted octanol–water partition coefficient (Wildman–Crippen LogP) is -0.793. The van der Waals surface area contributed by atoms with Crippen molar-refractivity contribution in [2.24, 2.45) is 22.2 Å². The van der Waals surface area contributed by atoms with Gasteiger partial charge in [-0.25, -0.2) is 4.79 Å². The molecule has 2 aromatic carbocycles. The van der Waals surface area contributed by atoms with Gasteiger partial charge in [-0.3, -0.25) is 19.4 Å². The van der Waals surface area contributed by atoms with Crippen molar-refractivity contribution >= 4 is 29.7 Å². The zero-order valence-electron chi connectivity index (χ0n) is 23.0. The number of phenolic OH excluding ortho intramolecular Hbond substituents is 1. The maximum absolute atomic E-state index is 13.0. The molecule has 0 aromatic heterocycles. The number of hydrogen-bond donors (Lipinski definition) is 7. The van der Waals surface area contributed by atoms with Gasteiger partial charge in [0.05, 0.1) is 19.2 Å². The summed E-state index contributed by atoms with van der Waals surface area (Å²) in [5, 5.41) is 17.2. The lowest BCUT2D eigenvalue weighted by molar-refractivity contribution is -0.147. The molecule has 2 aromatic rings. The van der Waals surface area contributed by atoms with Gasteiger partial charge in [0.1, 0.15) is 17.8 Å². The summed E-state index contributed by atoms with van der Waals surface area (Å²) in [5.74, 6) is -2.41. The van der Waals surface area contributed by atoms with E-state index in [-0.39, 0.29) is 44.1 Å². The number of hydrogen-bond acceptors (Lipinski definition) is 8. The molecule has 13 nitrogen and oxygen atoms in total. The normalized spacial score (nSPS) is 12.7. The highest BCUT2D eigenvalue weighted by Gasteiger charge is 2.26. The number of ether oxygens (including phenoxy) is 1. The number of esters is 1. The quantitative estimate of drug-likeness (QED) is 0.0581. The van der Waals surface area contributed by atoms with Gasteiger partial charge in [-0.05, 0) is 49.4 Å². The van der Waals surface area contributed by atoms with Crippen LogP contribution in [0.25, 0.3) is 0 Å².